The van der Waals surface area contributed by atoms with Crippen LogP contribution in [0.15, 0.2) is 36.4 Å². The molecule has 4 nitrogen and oxygen atoms in total. The van der Waals surface area contributed by atoms with Gasteiger partial charge < -0.3 is 10.8 Å². The zero-order chi connectivity index (χ0) is 12.5. The Hall–Kier alpha value is -1.81. The van der Waals surface area contributed by atoms with Crippen LogP contribution >= 0.6 is 0 Å². The molecule has 0 unspecified atom stereocenters. The maximum absolute atomic E-state index is 9.33. The van der Waals surface area contributed by atoms with E-state index in [-0.39, 0.29) is 12.0 Å². The van der Waals surface area contributed by atoms with Gasteiger partial charge in [0.2, 0.25) is 0 Å². The van der Waals surface area contributed by atoms with Gasteiger partial charge in [-0.05, 0) is 12.1 Å². The molecular weight excluding hydrogens is 214 g/mol. The highest BCUT2D eigenvalue weighted by Crippen LogP contribution is 2.24. The first-order chi connectivity index (χ1) is 8.04. The first kappa shape index (κ1) is 11.7. The predicted octanol–water partition coefficient (Wildman–Crippen LogP) is 1.72. The van der Waals surface area contributed by atoms with Crippen LogP contribution in [0.25, 0.3) is 5.69 Å². The minimum atomic E-state index is -0.381. The third-order valence-electron chi connectivity index (χ3n) is 2.83. The minimum absolute atomic E-state index is 0.0399. The van der Waals surface area contributed by atoms with Crippen LogP contribution in [0.1, 0.15) is 19.5 Å². The van der Waals surface area contributed by atoms with E-state index >= 15 is 0 Å². The van der Waals surface area contributed by atoms with E-state index < -0.39 is 0 Å². The van der Waals surface area contributed by atoms with E-state index in [4.69, 9.17) is 5.73 Å². The SMILES string of the molecule is CC(C)(CO)c1cc(N)n(-c2ccccc2)n1. The smallest absolute Gasteiger partial charge is 0.127 e. The van der Waals surface area contributed by atoms with Crippen LogP contribution in [-0.2, 0) is 5.41 Å². The summed E-state index contributed by atoms with van der Waals surface area (Å²) in [4.78, 5) is 0. The molecule has 0 aliphatic rings. The number of aromatic nitrogens is 2. The van der Waals surface area contributed by atoms with Gasteiger partial charge >= 0.3 is 0 Å². The molecule has 2 aromatic rings. The molecule has 0 amide bonds. The largest absolute Gasteiger partial charge is 0.395 e. The summed E-state index contributed by atoms with van der Waals surface area (Å²) >= 11 is 0. The Morgan fingerprint density at radius 3 is 2.53 bits per heavy atom. The van der Waals surface area contributed by atoms with Crippen LogP contribution in [0.5, 0.6) is 0 Å². The molecule has 4 heteroatoms. The van der Waals surface area contributed by atoms with Crippen molar-refractivity contribution in [3.8, 4) is 5.69 Å². The number of aliphatic hydroxyl groups excluding tert-OH is 1. The minimum Gasteiger partial charge on any atom is -0.395 e. The lowest BCUT2D eigenvalue weighted by molar-refractivity contribution is 0.215. The van der Waals surface area contributed by atoms with Crippen LogP contribution in [0.3, 0.4) is 0 Å². The molecule has 0 saturated carbocycles. The summed E-state index contributed by atoms with van der Waals surface area (Å²) in [5.41, 5.74) is 7.28. The van der Waals surface area contributed by atoms with Crippen molar-refractivity contribution in [1.29, 1.82) is 0 Å². The summed E-state index contributed by atoms with van der Waals surface area (Å²) in [5.74, 6) is 0.577. The normalized spacial score (nSPS) is 11.7. The number of hydrogen-bond acceptors (Lipinski definition) is 3. The van der Waals surface area contributed by atoms with Crippen molar-refractivity contribution in [1.82, 2.24) is 9.78 Å². The van der Waals surface area contributed by atoms with Crippen LogP contribution < -0.4 is 5.73 Å². The van der Waals surface area contributed by atoms with E-state index in [0.29, 0.717) is 5.82 Å². The maximum Gasteiger partial charge on any atom is 0.127 e. The summed E-state index contributed by atoms with van der Waals surface area (Å²) in [6.45, 7) is 3.91. The molecule has 0 saturated heterocycles. The number of benzene rings is 1. The Kier molecular flexibility index (Phi) is 2.90. The zero-order valence-electron chi connectivity index (χ0n) is 10.1. The molecule has 17 heavy (non-hydrogen) atoms. The van der Waals surface area contributed by atoms with E-state index in [2.05, 4.69) is 5.10 Å². The molecule has 0 bridgehead atoms. The fraction of sp³-hybridized carbons (Fsp3) is 0.308. The molecule has 3 N–H and O–H groups in total. The highest BCUT2D eigenvalue weighted by Gasteiger charge is 2.24. The first-order valence-electron chi connectivity index (χ1n) is 5.57. The third kappa shape index (κ3) is 2.17. The third-order valence-corrected chi connectivity index (χ3v) is 2.83. The van der Waals surface area contributed by atoms with E-state index in [1.165, 1.54) is 0 Å². The Bertz CT molecular complexity index is 503. The number of nitrogen functional groups attached to an aromatic ring is 1. The van der Waals surface area contributed by atoms with E-state index in [9.17, 15) is 5.11 Å². The number of hydrogen-bond donors (Lipinski definition) is 2. The molecule has 0 atom stereocenters. The fourth-order valence-corrected chi connectivity index (χ4v) is 1.58. The number of anilines is 1. The van der Waals surface area contributed by atoms with E-state index in [1.807, 2.05) is 50.2 Å². The van der Waals surface area contributed by atoms with Gasteiger partial charge in [-0.2, -0.15) is 5.10 Å². The summed E-state index contributed by atoms with van der Waals surface area (Å²) in [6, 6.07) is 11.5. The van der Waals surface area contributed by atoms with Crippen LogP contribution in [0, 0.1) is 0 Å². The van der Waals surface area contributed by atoms with Gasteiger partial charge in [0, 0.05) is 11.5 Å². The molecule has 0 spiro atoms. The second-order valence-corrected chi connectivity index (χ2v) is 4.74. The Balaban J connectivity index is 2.45. The van der Waals surface area contributed by atoms with Crippen LogP contribution in [0.2, 0.25) is 0 Å². The van der Waals surface area contributed by atoms with Crippen LogP contribution in [0.4, 0.5) is 5.82 Å². The van der Waals surface area contributed by atoms with Gasteiger partial charge in [-0.3, -0.25) is 0 Å². The van der Waals surface area contributed by atoms with Crippen LogP contribution in [-0.4, -0.2) is 21.5 Å². The number of nitrogens with zero attached hydrogens (tertiary/aromatic N) is 2. The van der Waals surface area contributed by atoms with Crippen molar-refractivity contribution in [2.24, 2.45) is 0 Å². The van der Waals surface area contributed by atoms with Gasteiger partial charge in [0.05, 0.1) is 18.0 Å². The molecule has 1 aromatic carbocycles. The van der Waals surface area contributed by atoms with Crippen molar-refractivity contribution in [2.45, 2.75) is 19.3 Å². The molecular formula is C13H17N3O. The van der Waals surface area contributed by atoms with Gasteiger partial charge in [0.15, 0.2) is 0 Å². The molecule has 0 fully saturated rings. The van der Waals surface area contributed by atoms with Crippen molar-refractivity contribution in [2.75, 3.05) is 12.3 Å². The summed E-state index contributed by atoms with van der Waals surface area (Å²) in [6.07, 6.45) is 0. The predicted molar refractivity (Wildman–Crippen MR) is 68.1 cm³/mol. The number of aliphatic hydroxyl groups is 1. The summed E-state index contributed by atoms with van der Waals surface area (Å²) in [7, 11) is 0. The van der Waals surface area contributed by atoms with Crippen molar-refractivity contribution in [3.05, 3.63) is 42.1 Å². The molecule has 0 aliphatic heterocycles. The second kappa shape index (κ2) is 4.22. The molecule has 1 aromatic heterocycles. The van der Waals surface area contributed by atoms with Crippen molar-refractivity contribution < 1.29 is 5.11 Å². The lowest BCUT2D eigenvalue weighted by Crippen LogP contribution is -2.22. The second-order valence-electron chi connectivity index (χ2n) is 4.74. The molecule has 2 rings (SSSR count). The summed E-state index contributed by atoms with van der Waals surface area (Å²) in [5, 5.41) is 13.8. The Morgan fingerprint density at radius 2 is 1.94 bits per heavy atom. The number of para-hydroxylation sites is 1. The topological polar surface area (TPSA) is 64.1 Å². The number of nitrogens with two attached hydrogens (primary N) is 1. The van der Waals surface area contributed by atoms with Crippen molar-refractivity contribution >= 4 is 5.82 Å². The average Bonchev–Trinajstić information content (AvgIpc) is 2.73. The molecule has 90 valence electrons. The zero-order valence-corrected chi connectivity index (χ0v) is 10.1. The van der Waals surface area contributed by atoms with E-state index in [1.54, 1.807) is 4.68 Å². The molecule has 0 aliphatic carbocycles. The van der Waals surface area contributed by atoms with Gasteiger partial charge in [-0.25, -0.2) is 4.68 Å². The summed E-state index contributed by atoms with van der Waals surface area (Å²) < 4.78 is 1.69. The lowest BCUT2D eigenvalue weighted by Gasteiger charge is -2.18. The quantitative estimate of drug-likeness (QED) is 0.845. The van der Waals surface area contributed by atoms with Gasteiger partial charge in [0.1, 0.15) is 5.82 Å². The van der Waals surface area contributed by atoms with E-state index in [0.717, 1.165) is 11.4 Å². The van der Waals surface area contributed by atoms with Crippen molar-refractivity contribution in [3.63, 3.8) is 0 Å². The monoisotopic (exact) mass is 231 g/mol. The highest BCUT2D eigenvalue weighted by atomic mass is 16.3. The van der Waals surface area contributed by atoms with Gasteiger partial charge in [-0.1, -0.05) is 32.0 Å². The Labute approximate surface area is 101 Å². The fourth-order valence-electron chi connectivity index (χ4n) is 1.58. The molecule has 1 heterocycles. The highest BCUT2D eigenvalue weighted by molar-refractivity contribution is 5.43. The lowest BCUT2D eigenvalue weighted by atomic mass is 9.91. The first-order valence-corrected chi connectivity index (χ1v) is 5.57. The molecule has 0 radical (unpaired) electrons. The Morgan fingerprint density at radius 1 is 1.29 bits per heavy atom. The van der Waals surface area contributed by atoms with Gasteiger partial charge in [0.25, 0.3) is 0 Å². The standard InChI is InChI=1S/C13H17N3O/c1-13(2,9-17)11-8-12(14)16(15-11)10-6-4-3-5-7-10/h3-8,17H,9,14H2,1-2H3. The average molecular weight is 231 g/mol. The van der Waals surface area contributed by atoms with Gasteiger partial charge in [-0.15, -0.1) is 0 Å². The number of rotatable bonds is 3. The maximum atomic E-state index is 9.33.